The molecule has 2 aliphatic heterocycles. The van der Waals surface area contributed by atoms with E-state index in [1.54, 1.807) is 23.7 Å². The van der Waals surface area contributed by atoms with Crippen molar-refractivity contribution in [1.82, 2.24) is 24.8 Å². The molecular formula is C16H18ClN5OS. The van der Waals surface area contributed by atoms with Gasteiger partial charge in [-0.25, -0.2) is 4.98 Å². The molecule has 8 heteroatoms. The molecule has 0 saturated carbocycles. The number of hydrogen-bond acceptors (Lipinski definition) is 6. The Hall–Kier alpha value is -1.57. The molecule has 1 spiro atoms. The molecule has 0 radical (unpaired) electrons. The molecule has 126 valence electrons. The number of likely N-dealkylation sites (tertiary alicyclic amines) is 2. The summed E-state index contributed by atoms with van der Waals surface area (Å²) in [4.78, 5) is 30.6. The second kappa shape index (κ2) is 6.38. The summed E-state index contributed by atoms with van der Waals surface area (Å²) in [5.41, 5.74) is 2.50. The quantitative estimate of drug-likeness (QED) is 0.779. The Morgan fingerprint density at radius 2 is 2.12 bits per heavy atom. The van der Waals surface area contributed by atoms with Gasteiger partial charge in [-0.2, -0.15) is 0 Å². The summed E-state index contributed by atoms with van der Waals surface area (Å²) in [5, 5.41) is 0.404. The molecule has 6 nitrogen and oxygen atoms in total. The fraction of sp³-hybridized carbons (Fsp3) is 0.500. The fourth-order valence-corrected chi connectivity index (χ4v) is 4.41. The summed E-state index contributed by atoms with van der Waals surface area (Å²) < 4.78 is 0. The van der Waals surface area contributed by atoms with E-state index in [1.807, 2.05) is 16.6 Å². The molecule has 0 aliphatic carbocycles. The van der Waals surface area contributed by atoms with Crippen LogP contribution in [0.25, 0.3) is 0 Å². The lowest BCUT2D eigenvalue weighted by Crippen LogP contribution is -2.66. The summed E-state index contributed by atoms with van der Waals surface area (Å²) >= 11 is 7.38. The number of rotatable bonds is 4. The average Bonchev–Trinajstić information content (AvgIpc) is 3.10. The molecular weight excluding hydrogens is 346 g/mol. The van der Waals surface area contributed by atoms with Gasteiger partial charge in [0.25, 0.3) is 0 Å². The Bertz CT molecular complexity index is 723. The Morgan fingerprint density at radius 3 is 2.83 bits per heavy atom. The van der Waals surface area contributed by atoms with Crippen LogP contribution >= 0.6 is 22.9 Å². The Kier molecular flexibility index (Phi) is 4.24. The van der Waals surface area contributed by atoms with Crippen molar-refractivity contribution in [1.29, 1.82) is 0 Å². The van der Waals surface area contributed by atoms with Gasteiger partial charge in [-0.15, -0.1) is 11.3 Å². The van der Waals surface area contributed by atoms with Crippen LogP contribution in [0.4, 0.5) is 0 Å². The van der Waals surface area contributed by atoms with Crippen molar-refractivity contribution in [2.24, 2.45) is 5.41 Å². The maximum atomic E-state index is 12.7. The van der Waals surface area contributed by atoms with Gasteiger partial charge in [0.1, 0.15) is 5.15 Å². The van der Waals surface area contributed by atoms with Gasteiger partial charge in [-0.05, 0) is 19.4 Å². The first-order valence-electron chi connectivity index (χ1n) is 8.00. The van der Waals surface area contributed by atoms with E-state index < -0.39 is 0 Å². The van der Waals surface area contributed by atoms with Crippen LogP contribution in [0.2, 0.25) is 5.15 Å². The van der Waals surface area contributed by atoms with Crippen molar-refractivity contribution in [3.63, 3.8) is 0 Å². The molecule has 2 aromatic heterocycles. The van der Waals surface area contributed by atoms with E-state index in [4.69, 9.17) is 11.6 Å². The maximum absolute atomic E-state index is 12.7. The summed E-state index contributed by atoms with van der Waals surface area (Å²) in [6, 6.07) is 0. The minimum Gasteiger partial charge on any atom is -0.336 e. The van der Waals surface area contributed by atoms with Crippen molar-refractivity contribution in [2.45, 2.75) is 25.9 Å². The highest BCUT2D eigenvalue weighted by Crippen LogP contribution is 2.41. The first kappa shape index (κ1) is 15.9. The summed E-state index contributed by atoms with van der Waals surface area (Å²) in [7, 11) is 0. The minimum absolute atomic E-state index is 0.206. The zero-order valence-electron chi connectivity index (χ0n) is 13.2. The normalized spacial score (nSPS) is 24.4. The maximum Gasteiger partial charge on any atom is 0.232 e. The van der Waals surface area contributed by atoms with E-state index in [2.05, 4.69) is 19.9 Å². The number of thiazole rings is 1. The van der Waals surface area contributed by atoms with E-state index >= 15 is 0 Å². The van der Waals surface area contributed by atoms with Crippen LogP contribution in [0.1, 0.15) is 23.4 Å². The molecule has 2 fully saturated rings. The molecule has 24 heavy (non-hydrogen) atoms. The van der Waals surface area contributed by atoms with Crippen molar-refractivity contribution in [2.75, 3.05) is 19.6 Å². The zero-order valence-corrected chi connectivity index (χ0v) is 14.8. The van der Waals surface area contributed by atoms with Gasteiger partial charge in [0.05, 0.1) is 35.6 Å². The topological polar surface area (TPSA) is 62.2 Å². The largest absolute Gasteiger partial charge is 0.336 e. The molecule has 1 amide bonds. The molecule has 2 saturated heterocycles. The average molecular weight is 364 g/mol. The van der Waals surface area contributed by atoms with Crippen molar-refractivity contribution < 1.29 is 4.79 Å². The second-order valence-electron chi connectivity index (χ2n) is 6.55. The SMILES string of the molecule is O=C1N(Cc2cncs2)C[C@]12CCCN(Cc1cnc(Cl)cn1)C2. The van der Waals surface area contributed by atoms with Crippen LogP contribution < -0.4 is 0 Å². The van der Waals surface area contributed by atoms with E-state index in [0.717, 1.165) is 43.0 Å². The van der Waals surface area contributed by atoms with Crippen LogP contribution in [0.5, 0.6) is 0 Å². The first-order chi connectivity index (χ1) is 11.6. The number of β-lactam (4-membered cyclic amide) rings is 1. The number of hydrogen-bond donors (Lipinski definition) is 0. The first-order valence-corrected chi connectivity index (χ1v) is 9.26. The van der Waals surface area contributed by atoms with Gasteiger partial charge in [0.15, 0.2) is 0 Å². The molecule has 0 aromatic carbocycles. The lowest BCUT2D eigenvalue weighted by molar-refractivity contribution is -0.167. The second-order valence-corrected chi connectivity index (χ2v) is 7.91. The molecule has 2 aromatic rings. The van der Waals surface area contributed by atoms with E-state index in [9.17, 15) is 4.79 Å². The molecule has 1 atom stereocenters. The summed E-state index contributed by atoms with van der Waals surface area (Å²) in [6.07, 6.45) is 7.15. The molecule has 4 heterocycles. The number of carbonyl (C=O) groups excluding carboxylic acids is 1. The van der Waals surface area contributed by atoms with Crippen LogP contribution in [0, 0.1) is 5.41 Å². The van der Waals surface area contributed by atoms with Crippen LogP contribution in [0.3, 0.4) is 0 Å². The number of carbonyl (C=O) groups is 1. The monoisotopic (exact) mass is 363 g/mol. The van der Waals surface area contributed by atoms with E-state index in [0.29, 0.717) is 18.2 Å². The Balaban J connectivity index is 1.38. The molecule has 0 N–H and O–H groups in total. The van der Waals surface area contributed by atoms with Crippen LogP contribution in [-0.2, 0) is 17.9 Å². The number of amides is 1. The standard InChI is InChI=1S/C16H18ClN5OS/c17-14-6-19-12(4-20-14)7-21-3-1-2-16(9-21)10-22(15(16)23)8-13-5-18-11-24-13/h4-6,11H,1-3,7-10H2/t16-/m1/s1. The lowest BCUT2D eigenvalue weighted by Gasteiger charge is -2.53. The Morgan fingerprint density at radius 1 is 1.21 bits per heavy atom. The number of nitrogens with zero attached hydrogens (tertiary/aromatic N) is 5. The molecule has 0 bridgehead atoms. The van der Waals surface area contributed by atoms with Gasteiger partial charge in [-0.1, -0.05) is 11.6 Å². The highest BCUT2D eigenvalue weighted by atomic mass is 35.5. The highest BCUT2D eigenvalue weighted by Gasteiger charge is 2.53. The minimum atomic E-state index is -0.206. The molecule has 2 aliphatic rings. The molecule has 4 rings (SSSR count). The van der Waals surface area contributed by atoms with Crippen LogP contribution in [0.15, 0.2) is 24.1 Å². The third-order valence-electron chi connectivity index (χ3n) is 4.78. The van der Waals surface area contributed by atoms with E-state index in [1.165, 1.54) is 0 Å². The predicted octanol–water partition coefficient (Wildman–Crippen LogP) is 2.21. The van der Waals surface area contributed by atoms with Gasteiger partial charge < -0.3 is 4.90 Å². The lowest BCUT2D eigenvalue weighted by atomic mass is 9.72. The zero-order chi connectivity index (χ0) is 16.6. The highest BCUT2D eigenvalue weighted by molar-refractivity contribution is 7.09. The number of piperidine rings is 1. The van der Waals surface area contributed by atoms with Crippen LogP contribution in [-0.4, -0.2) is 50.3 Å². The van der Waals surface area contributed by atoms with Crippen molar-refractivity contribution >= 4 is 28.8 Å². The summed E-state index contributed by atoms with van der Waals surface area (Å²) in [6.45, 7) is 4.04. The van der Waals surface area contributed by atoms with Crippen molar-refractivity contribution in [3.05, 3.63) is 39.8 Å². The number of aromatic nitrogens is 3. The fourth-order valence-electron chi connectivity index (χ4n) is 3.70. The van der Waals surface area contributed by atoms with Gasteiger partial charge in [0, 0.05) is 30.7 Å². The third-order valence-corrected chi connectivity index (χ3v) is 5.74. The van der Waals surface area contributed by atoms with Gasteiger partial charge in [-0.3, -0.25) is 19.7 Å². The van der Waals surface area contributed by atoms with Crippen molar-refractivity contribution in [3.8, 4) is 0 Å². The van der Waals surface area contributed by atoms with E-state index in [-0.39, 0.29) is 11.3 Å². The smallest absolute Gasteiger partial charge is 0.232 e. The Labute approximate surface area is 149 Å². The molecule has 0 unspecified atom stereocenters. The van der Waals surface area contributed by atoms with Gasteiger partial charge in [0.2, 0.25) is 5.91 Å². The number of halogens is 1. The van der Waals surface area contributed by atoms with Gasteiger partial charge >= 0.3 is 0 Å². The predicted molar refractivity (Wildman–Crippen MR) is 91.5 cm³/mol. The third kappa shape index (κ3) is 3.03. The summed E-state index contributed by atoms with van der Waals surface area (Å²) in [5.74, 6) is 0.280.